The average Bonchev–Trinajstić information content (AvgIpc) is 2.93. The van der Waals surface area contributed by atoms with E-state index in [1.165, 1.54) is 6.07 Å². The van der Waals surface area contributed by atoms with Crippen LogP contribution < -0.4 is 5.73 Å². The van der Waals surface area contributed by atoms with E-state index in [1.807, 2.05) is 4.68 Å². The van der Waals surface area contributed by atoms with Crippen molar-refractivity contribution in [3.05, 3.63) is 41.2 Å². The van der Waals surface area contributed by atoms with Gasteiger partial charge in [-0.2, -0.15) is 5.10 Å². The summed E-state index contributed by atoms with van der Waals surface area (Å²) in [5.41, 5.74) is 9.20. The van der Waals surface area contributed by atoms with Gasteiger partial charge in [-0.3, -0.25) is 4.68 Å². The highest BCUT2D eigenvalue weighted by molar-refractivity contribution is 5.69. The topological polar surface area (TPSA) is 43.8 Å². The van der Waals surface area contributed by atoms with Crippen LogP contribution in [0.25, 0.3) is 11.1 Å². The minimum atomic E-state index is -0.826. The van der Waals surface area contributed by atoms with Crippen LogP contribution in [-0.4, -0.2) is 16.3 Å². The van der Waals surface area contributed by atoms with Crippen molar-refractivity contribution in [1.82, 2.24) is 9.78 Å². The maximum atomic E-state index is 13.4. The second-order valence-corrected chi connectivity index (χ2v) is 4.76. The van der Waals surface area contributed by atoms with Gasteiger partial charge in [-0.05, 0) is 37.1 Å². The fraction of sp³-hybridized carbons (Fsp3) is 0.357. The molecule has 5 heteroatoms. The molecule has 1 aromatic heterocycles. The maximum Gasteiger partial charge on any atom is 0.159 e. The van der Waals surface area contributed by atoms with Crippen molar-refractivity contribution < 1.29 is 8.78 Å². The number of hydrogen-bond acceptors (Lipinski definition) is 2. The molecule has 0 saturated carbocycles. The lowest BCUT2D eigenvalue weighted by Crippen LogP contribution is -2.05. The number of nitrogens with two attached hydrogens (primary N) is 1. The van der Waals surface area contributed by atoms with Gasteiger partial charge < -0.3 is 5.73 Å². The van der Waals surface area contributed by atoms with Gasteiger partial charge in [0.1, 0.15) is 0 Å². The Morgan fingerprint density at radius 3 is 2.84 bits per heavy atom. The summed E-state index contributed by atoms with van der Waals surface area (Å²) in [7, 11) is 0. The van der Waals surface area contributed by atoms with Crippen molar-refractivity contribution in [2.75, 3.05) is 6.54 Å². The third kappa shape index (κ3) is 2.04. The van der Waals surface area contributed by atoms with Crippen LogP contribution in [0.4, 0.5) is 8.78 Å². The average molecular weight is 263 g/mol. The molecule has 0 spiro atoms. The Kier molecular flexibility index (Phi) is 3.06. The highest BCUT2D eigenvalue weighted by atomic mass is 19.2. The first-order chi connectivity index (χ1) is 9.20. The molecule has 1 aliphatic heterocycles. The molecule has 2 heterocycles. The molecule has 1 aliphatic rings. The molecule has 3 nitrogen and oxygen atoms in total. The van der Waals surface area contributed by atoms with Crippen molar-refractivity contribution >= 4 is 0 Å². The first kappa shape index (κ1) is 12.3. The number of rotatable bonds is 3. The van der Waals surface area contributed by atoms with Gasteiger partial charge in [-0.25, -0.2) is 8.78 Å². The second-order valence-electron chi connectivity index (χ2n) is 4.76. The third-order valence-corrected chi connectivity index (χ3v) is 3.50. The van der Waals surface area contributed by atoms with Gasteiger partial charge in [0.05, 0.1) is 5.69 Å². The van der Waals surface area contributed by atoms with Crippen molar-refractivity contribution in [3.63, 3.8) is 0 Å². The third-order valence-electron chi connectivity index (χ3n) is 3.50. The van der Waals surface area contributed by atoms with Crippen molar-refractivity contribution in [2.45, 2.75) is 25.8 Å². The summed E-state index contributed by atoms with van der Waals surface area (Å²) in [6.07, 6.45) is 2.61. The lowest BCUT2D eigenvalue weighted by molar-refractivity contribution is 0.509. The highest BCUT2D eigenvalue weighted by Crippen LogP contribution is 2.32. The molecular formula is C14H15F2N3. The number of halogens is 2. The molecule has 2 N–H and O–H groups in total. The predicted molar refractivity (Wildman–Crippen MR) is 68.7 cm³/mol. The van der Waals surface area contributed by atoms with E-state index in [4.69, 9.17) is 5.73 Å². The molecule has 19 heavy (non-hydrogen) atoms. The van der Waals surface area contributed by atoms with E-state index in [2.05, 4.69) is 5.10 Å². The summed E-state index contributed by atoms with van der Waals surface area (Å²) >= 11 is 0. The normalized spacial score (nSPS) is 13.8. The molecule has 0 aliphatic carbocycles. The van der Waals surface area contributed by atoms with Gasteiger partial charge >= 0.3 is 0 Å². The SMILES string of the molecule is NCCc1nn2c(c1-c1ccc(F)c(F)c1)CCC2. The van der Waals surface area contributed by atoms with Crippen LogP contribution in [0.5, 0.6) is 0 Å². The lowest BCUT2D eigenvalue weighted by atomic mass is 10.00. The fourth-order valence-electron chi connectivity index (χ4n) is 2.68. The van der Waals surface area contributed by atoms with E-state index in [1.54, 1.807) is 6.07 Å². The Morgan fingerprint density at radius 1 is 1.26 bits per heavy atom. The fourth-order valence-corrected chi connectivity index (χ4v) is 2.68. The monoisotopic (exact) mass is 263 g/mol. The largest absolute Gasteiger partial charge is 0.330 e. The van der Waals surface area contributed by atoms with Crippen LogP contribution >= 0.6 is 0 Å². The first-order valence-corrected chi connectivity index (χ1v) is 6.44. The van der Waals surface area contributed by atoms with Gasteiger partial charge in [0.2, 0.25) is 0 Å². The predicted octanol–water partition coefficient (Wildman–Crippen LogP) is 2.28. The number of aromatic nitrogens is 2. The number of aryl methyl sites for hydroxylation is 1. The standard InChI is InChI=1S/C14H15F2N3/c15-10-4-3-9(8-11(10)16)14-12(5-6-17)18-19-7-1-2-13(14)19/h3-4,8H,1-2,5-7,17H2. The van der Waals surface area contributed by atoms with Crippen LogP contribution in [0.2, 0.25) is 0 Å². The van der Waals surface area contributed by atoms with E-state index in [0.29, 0.717) is 18.5 Å². The van der Waals surface area contributed by atoms with E-state index in [-0.39, 0.29) is 0 Å². The van der Waals surface area contributed by atoms with E-state index >= 15 is 0 Å². The van der Waals surface area contributed by atoms with Crippen molar-refractivity contribution in [3.8, 4) is 11.1 Å². The number of benzene rings is 1. The number of fused-ring (bicyclic) bond motifs is 1. The van der Waals surface area contributed by atoms with Crippen molar-refractivity contribution in [1.29, 1.82) is 0 Å². The zero-order valence-corrected chi connectivity index (χ0v) is 10.5. The molecule has 100 valence electrons. The van der Waals surface area contributed by atoms with E-state index < -0.39 is 11.6 Å². The Bertz CT molecular complexity index is 619. The van der Waals surface area contributed by atoms with E-state index in [0.717, 1.165) is 42.4 Å². The summed E-state index contributed by atoms with van der Waals surface area (Å²) in [6.45, 7) is 1.38. The smallest absolute Gasteiger partial charge is 0.159 e. The molecule has 3 rings (SSSR count). The van der Waals surface area contributed by atoms with Gasteiger partial charge in [0.15, 0.2) is 11.6 Å². The van der Waals surface area contributed by atoms with Gasteiger partial charge in [-0.1, -0.05) is 6.07 Å². The van der Waals surface area contributed by atoms with Crippen molar-refractivity contribution in [2.24, 2.45) is 5.73 Å². The molecule has 0 amide bonds. The Labute approximate surface area is 110 Å². The van der Waals surface area contributed by atoms with E-state index in [9.17, 15) is 8.78 Å². The van der Waals surface area contributed by atoms with Gasteiger partial charge in [0, 0.05) is 24.2 Å². The summed E-state index contributed by atoms with van der Waals surface area (Å²) in [6, 6.07) is 4.01. The summed E-state index contributed by atoms with van der Waals surface area (Å²) < 4.78 is 28.4. The zero-order chi connectivity index (χ0) is 13.4. The van der Waals surface area contributed by atoms with Gasteiger partial charge in [0.25, 0.3) is 0 Å². The molecule has 0 bridgehead atoms. The molecule has 0 saturated heterocycles. The Balaban J connectivity index is 2.14. The Hall–Kier alpha value is -1.75. The van der Waals surface area contributed by atoms with Gasteiger partial charge in [-0.15, -0.1) is 0 Å². The first-order valence-electron chi connectivity index (χ1n) is 6.44. The minimum Gasteiger partial charge on any atom is -0.330 e. The maximum absolute atomic E-state index is 13.4. The van der Waals surface area contributed by atoms with Crippen LogP contribution in [0.1, 0.15) is 17.8 Å². The summed E-state index contributed by atoms with van der Waals surface area (Å²) in [4.78, 5) is 0. The summed E-state index contributed by atoms with van der Waals surface area (Å²) in [5, 5.41) is 4.53. The number of hydrogen-bond donors (Lipinski definition) is 1. The molecule has 0 radical (unpaired) electrons. The molecule has 1 aromatic carbocycles. The molecule has 0 atom stereocenters. The molecule has 2 aromatic rings. The molecular weight excluding hydrogens is 248 g/mol. The number of nitrogens with zero attached hydrogens (tertiary/aromatic N) is 2. The second kappa shape index (κ2) is 4.74. The minimum absolute atomic E-state index is 0.493. The lowest BCUT2D eigenvalue weighted by Gasteiger charge is -2.05. The molecule has 0 fully saturated rings. The highest BCUT2D eigenvalue weighted by Gasteiger charge is 2.22. The zero-order valence-electron chi connectivity index (χ0n) is 10.5. The van der Waals surface area contributed by atoms with Crippen LogP contribution in [0, 0.1) is 11.6 Å². The van der Waals surface area contributed by atoms with Crippen LogP contribution in [0.15, 0.2) is 18.2 Å². The summed E-state index contributed by atoms with van der Waals surface area (Å²) in [5.74, 6) is -1.65. The quantitative estimate of drug-likeness (QED) is 0.923. The van der Waals surface area contributed by atoms with Crippen LogP contribution in [-0.2, 0) is 19.4 Å². The Morgan fingerprint density at radius 2 is 2.11 bits per heavy atom. The molecule has 0 unspecified atom stereocenters. The van der Waals surface area contributed by atoms with Crippen LogP contribution in [0.3, 0.4) is 0 Å².